The number of carbonyl (C=O) groups is 2. The van der Waals surface area contributed by atoms with Gasteiger partial charge in [-0.05, 0) is 76.0 Å². The van der Waals surface area contributed by atoms with Crippen molar-refractivity contribution in [2.24, 2.45) is 17.6 Å². The number of rotatable bonds is 6. The molecule has 1 aromatic rings. The van der Waals surface area contributed by atoms with Crippen LogP contribution in [-0.2, 0) is 27.2 Å². The van der Waals surface area contributed by atoms with Gasteiger partial charge in [0.2, 0.25) is 5.91 Å². The summed E-state index contributed by atoms with van der Waals surface area (Å²) in [6.45, 7) is 5.60. The smallest absolute Gasteiger partial charge is 0.310 e. The van der Waals surface area contributed by atoms with Crippen molar-refractivity contribution in [3.8, 4) is 5.75 Å². The number of hydrogen-bond donors (Lipinski definition) is 1. The van der Waals surface area contributed by atoms with Crippen LogP contribution in [0.3, 0.4) is 0 Å². The van der Waals surface area contributed by atoms with Gasteiger partial charge in [-0.3, -0.25) is 9.59 Å². The summed E-state index contributed by atoms with van der Waals surface area (Å²) >= 11 is 0. The monoisotopic (exact) mass is 359 g/mol. The molecule has 3 rings (SSSR count). The minimum atomic E-state index is -0.472. The zero-order valence-electron chi connectivity index (χ0n) is 15.9. The van der Waals surface area contributed by atoms with Gasteiger partial charge in [0.05, 0.1) is 12.5 Å². The van der Waals surface area contributed by atoms with Crippen LogP contribution in [0.4, 0.5) is 0 Å². The SMILES string of the molecule is CC(C)(C)OC(=O)Cc1ccc2c(c1)CC[C@H](C[C@H](C(N)=O)C1CC1)O2. The normalized spacial score (nSPS) is 20.7. The molecule has 1 amide bonds. The number of amides is 1. The Bertz CT molecular complexity index is 688. The summed E-state index contributed by atoms with van der Waals surface area (Å²) in [6.07, 6.45) is 4.98. The summed E-state index contributed by atoms with van der Waals surface area (Å²) in [5, 5.41) is 0. The number of nitrogens with two attached hydrogens (primary N) is 1. The first-order chi connectivity index (χ1) is 12.2. The van der Waals surface area contributed by atoms with Gasteiger partial charge in [0.15, 0.2) is 0 Å². The van der Waals surface area contributed by atoms with E-state index in [2.05, 4.69) is 0 Å². The highest BCUT2D eigenvalue weighted by atomic mass is 16.6. The molecular formula is C21H29NO4. The van der Waals surface area contributed by atoms with Crippen LogP contribution < -0.4 is 10.5 Å². The number of benzene rings is 1. The second-order valence-electron chi connectivity index (χ2n) is 8.57. The van der Waals surface area contributed by atoms with Gasteiger partial charge in [0, 0.05) is 5.92 Å². The van der Waals surface area contributed by atoms with Gasteiger partial charge < -0.3 is 15.2 Å². The van der Waals surface area contributed by atoms with Crippen LogP contribution >= 0.6 is 0 Å². The maximum Gasteiger partial charge on any atom is 0.310 e. The number of fused-ring (bicyclic) bond motifs is 1. The van der Waals surface area contributed by atoms with Gasteiger partial charge in [-0.25, -0.2) is 0 Å². The van der Waals surface area contributed by atoms with E-state index in [1.807, 2.05) is 39.0 Å². The predicted octanol–water partition coefficient (Wildman–Crippen LogP) is 3.17. The average molecular weight is 359 g/mol. The van der Waals surface area contributed by atoms with Crippen molar-refractivity contribution < 1.29 is 19.1 Å². The largest absolute Gasteiger partial charge is 0.490 e. The minimum absolute atomic E-state index is 0.0392. The molecule has 1 aliphatic carbocycles. The van der Waals surface area contributed by atoms with Gasteiger partial charge in [-0.2, -0.15) is 0 Å². The van der Waals surface area contributed by atoms with E-state index in [4.69, 9.17) is 15.2 Å². The molecule has 1 saturated carbocycles. The van der Waals surface area contributed by atoms with E-state index in [1.165, 1.54) is 0 Å². The summed E-state index contributed by atoms with van der Waals surface area (Å²) < 4.78 is 11.5. The average Bonchev–Trinajstić information content (AvgIpc) is 3.35. The van der Waals surface area contributed by atoms with Crippen LogP contribution in [0.1, 0.15) is 57.6 Å². The van der Waals surface area contributed by atoms with E-state index in [9.17, 15) is 9.59 Å². The van der Waals surface area contributed by atoms with Crippen molar-refractivity contribution in [3.63, 3.8) is 0 Å². The summed E-state index contributed by atoms with van der Waals surface area (Å²) in [5.74, 6) is 0.824. The fourth-order valence-electron chi connectivity index (χ4n) is 3.64. The molecule has 2 atom stereocenters. The molecule has 1 aromatic carbocycles. The molecule has 0 spiro atoms. The lowest BCUT2D eigenvalue weighted by molar-refractivity contribution is -0.153. The van der Waals surface area contributed by atoms with Gasteiger partial charge in [0.25, 0.3) is 0 Å². The van der Waals surface area contributed by atoms with Crippen molar-refractivity contribution >= 4 is 11.9 Å². The van der Waals surface area contributed by atoms with E-state index in [1.54, 1.807) is 0 Å². The lowest BCUT2D eigenvalue weighted by Crippen LogP contribution is -2.32. The zero-order chi connectivity index (χ0) is 18.9. The molecule has 0 saturated heterocycles. The van der Waals surface area contributed by atoms with Crippen LogP contribution in [-0.4, -0.2) is 23.6 Å². The Morgan fingerprint density at radius 3 is 2.62 bits per heavy atom. The van der Waals surface area contributed by atoms with E-state index < -0.39 is 5.60 Å². The number of esters is 1. The Morgan fingerprint density at radius 1 is 1.27 bits per heavy atom. The highest BCUT2D eigenvalue weighted by molar-refractivity contribution is 5.77. The second-order valence-corrected chi connectivity index (χ2v) is 8.57. The molecular weight excluding hydrogens is 330 g/mol. The van der Waals surface area contributed by atoms with Crippen molar-refractivity contribution in [1.29, 1.82) is 0 Å². The third kappa shape index (κ3) is 4.99. The van der Waals surface area contributed by atoms with Gasteiger partial charge in [-0.15, -0.1) is 0 Å². The number of hydrogen-bond acceptors (Lipinski definition) is 4. The first kappa shape index (κ1) is 18.7. The Morgan fingerprint density at radius 2 is 2.00 bits per heavy atom. The summed E-state index contributed by atoms with van der Waals surface area (Å²) in [7, 11) is 0. The number of primary amides is 1. The van der Waals surface area contributed by atoms with Gasteiger partial charge in [-0.1, -0.05) is 12.1 Å². The van der Waals surface area contributed by atoms with Crippen molar-refractivity contribution in [3.05, 3.63) is 29.3 Å². The lowest BCUT2D eigenvalue weighted by Gasteiger charge is -2.28. The van der Waals surface area contributed by atoms with Crippen LogP contribution in [0.2, 0.25) is 0 Å². The molecule has 0 radical (unpaired) electrons. The Balaban J connectivity index is 1.60. The quantitative estimate of drug-likeness (QED) is 0.791. The van der Waals surface area contributed by atoms with Crippen LogP contribution in [0.5, 0.6) is 5.75 Å². The summed E-state index contributed by atoms with van der Waals surface area (Å²) in [4.78, 5) is 23.7. The van der Waals surface area contributed by atoms with Crippen molar-refractivity contribution in [1.82, 2.24) is 0 Å². The maximum atomic E-state index is 12.0. The number of aryl methyl sites for hydroxylation is 1. The van der Waals surface area contributed by atoms with Crippen LogP contribution in [0.15, 0.2) is 18.2 Å². The minimum Gasteiger partial charge on any atom is -0.490 e. The van der Waals surface area contributed by atoms with Crippen molar-refractivity contribution in [2.75, 3.05) is 0 Å². The third-order valence-electron chi connectivity index (χ3n) is 5.00. The van der Waals surface area contributed by atoms with E-state index in [-0.39, 0.29) is 30.3 Å². The third-order valence-corrected chi connectivity index (χ3v) is 5.00. The molecule has 0 aromatic heterocycles. The molecule has 0 unspecified atom stereocenters. The number of ether oxygens (including phenoxy) is 2. The Kier molecular flexibility index (Phi) is 5.26. The predicted molar refractivity (Wildman–Crippen MR) is 98.8 cm³/mol. The van der Waals surface area contributed by atoms with Gasteiger partial charge in [0.1, 0.15) is 11.4 Å². The maximum absolute atomic E-state index is 12.0. The van der Waals surface area contributed by atoms with E-state index >= 15 is 0 Å². The first-order valence-corrected chi connectivity index (χ1v) is 9.51. The molecule has 142 valence electrons. The van der Waals surface area contributed by atoms with Crippen molar-refractivity contribution in [2.45, 2.75) is 71.0 Å². The lowest BCUT2D eigenvalue weighted by atomic mass is 9.90. The van der Waals surface area contributed by atoms with E-state index in [0.29, 0.717) is 12.3 Å². The van der Waals surface area contributed by atoms with E-state index in [0.717, 1.165) is 42.6 Å². The molecule has 5 nitrogen and oxygen atoms in total. The highest BCUT2D eigenvalue weighted by Gasteiger charge is 2.37. The molecule has 2 N–H and O–H groups in total. The van der Waals surface area contributed by atoms with Crippen LogP contribution in [0.25, 0.3) is 0 Å². The zero-order valence-corrected chi connectivity index (χ0v) is 15.9. The highest BCUT2D eigenvalue weighted by Crippen LogP contribution is 2.40. The molecule has 26 heavy (non-hydrogen) atoms. The van der Waals surface area contributed by atoms with Crippen LogP contribution in [0, 0.1) is 11.8 Å². The summed E-state index contributed by atoms with van der Waals surface area (Å²) in [6, 6.07) is 5.87. The topological polar surface area (TPSA) is 78.6 Å². The molecule has 1 fully saturated rings. The number of carbonyl (C=O) groups excluding carboxylic acids is 2. The second kappa shape index (κ2) is 7.29. The molecule has 1 aliphatic heterocycles. The Hall–Kier alpha value is -2.04. The Labute approximate surface area is 155 Å². The first-order valence-electron chi connectivity index (χ1n) is 9.51. The fraction of sp³-hybridized carbons (Fsp3) is 0.619. The van der Waals surface area contributed by atoms with Gasteiger partial charge >= 0.3 is 5.97 Å². The molecule has 2 aliphatic rings. The molecule has 1 heterocycles. The standard InChI is InChI=1S/C21H29NO4/c1-21(2,3)26-19(23)11-13-4-9-18-15(10-13)7-8-16(25-18)12-17(20(22)24)14-5-6-14/h4,9-10,14,16-17H,5-8,11-12H2,1-3H3,(H2,22,24)/t16-,17+/m1/s1. The fourth-order valence-corrected chi connectivity index (χ4v) is 3.64. The summed E-state index contributed by atoms with van der Waals surface area (Å²) in [5.41, 5.74) is 7.14. The molecule has 0 bridgehead atoms. The molecule has 5 heteroatoms.